The lowest BCUT2D eigenvalue weighted by atomic mass is 9.85. The average Bonchev–Trinajstić information content (AvgIpc) is 2.34. The summed E-state index contributed by atoms with van der Waals surface area (Å²) >= 11 is 0. The zero-order valence-electron chi connectivity index (χ0n) is 13.7. The van der Waals surface area contributed by atoms with Crippen LogP contribution in [-0.2, 0) is 4.74 Å². The molecular weight excluding hydrogens is 248 g/mol. The normalized spacial score (nSPS) is 13.3. The number of ether oxygens (including phenoxy) is 1. The molecule has 2 nitrogen and oxygen atoms in total. The van der Waals surface area contributed by atoms with E-state index in [9.17, 15) is 4.79 Å². The molecule has 1 atom stereocenters. The Morgan fingerprint density at radius 3 is 2.10 bits per heavy atom. The summed E-state index contributed by atoms with van der Waals surface area (Å²) in [4.78, 5) is 11.8. The molecule has 2 heteroatoms. The van der Waals surface area contributed by atoms with Crippen molar-refractivity contribution in [2.24, 2.45) is 5.41 Å². The Labute approximate surface area is 123 Å². The van der Waals surface area contributed by atoms with E-state index in [2.05, 4.69) is 27.7 Å². The fourth-order valence-corrected chi connectivity index (χ4v) is 2.05. The third-order valence-corrected chi connectivity index (χ3v) is 3.39. The van der Waals surface area contributed by atoms with Crippen LogP contribution in [0.1, 0.15) is 76.2 Å². The average molecular weight is 276 g/mol. The van der Waals surface area contributed by atoms with Crippen LogP contribution in [0.15, 0.2) is 24.3 Å². The maximum absolute atomic E-state index is 11.8. The minimum absolute atomic E-state index is 0.0760. The van der Waals surface area contributed by atoms with Crippen molar-refractivity contribution in [2.45, 2.75) is 66.4 Å². The van der Waals surface area contributed by atoms with E-state index in [1.807, 2.05) is 38.1 Å². The molecule has 0 aliphatic heterocycles. The number of hydrogen-bond acceptors (Lipinski definition) is 2. The Kier molecular flexibility index (Phi) is 5.79. The number of carbonyl (C=O) groups is 1. The second kappa shape index (κ2) is 6.92. The zero-order chi connectivity index (χ0) is 15.3. The van der Waals surface area contributed by atoms with Gasteiger partial charge in [-0.05, 0) is 55.7 Å². The lowest BCUT2D eigenvalue weighted by molar-refractivity contribution is 0.0378. The Morgan fingerprint density at radius 1 is 1.10 bits per heavy atom. The molecule has 0 amide bonds. The van der Waals surface area contributed by atoms with Gasteiger partial charge in [-0.2, -0.15) is 0 Å². The van der Waals surface area contributed by atoms with E-state index in [1.54, 1.807) is 0 Å². The number of hydrogen-bond donors (Lipinski definition) is 0. The van der Waals surface area contributed by atoms with Crippen LogP contribution in [0.2, 0.25) is 0 Å². The molecule has 0 N–H and O–H groups in total. The SMILES string of the molecule is CC(C)OC(=O)c1ccc([C@H](C)CCC(C)(C)C)cc1. The summed E-state index contributed by atoms with van der Waals surface area (Å²) in [7, 11) is 0. The largest absolute Gasteiger partial charge is 0.459 e. The van der Waals surface area contributed by atoms with Crippen molar-refractivity contribution in [3.05, 3.63) is 35.4 Å². The summed E-state index contributed by atoms with van der Waals surface area (Å²) in [6.45, 7) is 12.8. The molecule has 0 heterocycles. The van der Waals surface area contributed by atoms with Gasteiger partial charge in [0.1, 0.15) is 0 Å². The maximum Gasteiger partial charge on any atom is 0.338 e. The zero-order valence-corrected chi connectivity index (χ0v) is 13.7. The Balaban J connectivity index is 2.64. The highest BCUT2D eigenvalue weighted by molar-refractivity contribution is 5.89. The molecule has 1 aromatic carbocycles. The molecule has 112 valence electrons. The van der Waals surface area contributed by atoms with Crippen LogP contribution < -0.4 is 0 Å². The summed E-state index contributed by atoms with van der Waals surface area (Å²) in [5.41, 5.74) is 2.29. The molecule has 0 fully saturated rings. The second-order valence-electron chi connectivity index (χ2n) is 7.08. The molecule has 0 aliphatic carbocycles. The molecule has 0 radical (unpaired) electrons. The van der Waals surface area contributed by atoms with Crippen LogP contribution in [0, 0.1) is 5.41 Å². The van der Waals surface area contributed by atoms with Crippen molar-refractivity contribution in [1.29, 1.82) is 0 Å². The van der Waals surface area contributed by atoms with Gasteiger partial charge in [-0.3, -0.25) is 0 Å². The summed E-state index contributed by atoms with van der Waals surface area (Å²) in [5.74, 6) is 0.276. The Morgan fingerprint density at radius 2 is 1.65 bits per heavy atom. The predicted molar refractivity (Wildman–Crippen MR) is 84.1 cm³/mol. The van der Waals surface area contributed by atoms with E-state index in [0.717, 1.165) is 0 Å². The lowest BCUT2D eigenvalue weighted by Gasteiger charge is -2.21. The number of rotatable bonds is 5. The highest BCUT2D eigenvalue weighted by atomic mass is 16.5. The van der Waals surface area contributed by atoms with Crippen LogP contribution in [0.25, 0.3) is 0 Å². The Bertz CT molecular complexity index is 424. The van der Waals surface area contributed by atoms with Crippen molar-refractivity contribution in [3.63, 3.8) is 0 Å². The number of benzene rings is 1. The Hall–Kier alpha value is -1.31. The lowest BCUT2D eigenvalue weighted by Crippen LogP contribution is -2.11. The number of esters is 1. The molecule has 1 rings (SSSR count). The summed E-state index contributed by atoms with van der Waals surface area (Å²) in [5, 5.41) is 0. The van der Waals surface area contributed by atoms with Crippen LogP contribution in [-0.4, -0.2) is 12.1 Å². The van der Waals surface area contributed by atoms with E-state index in [4.69, 9.17) is 4.74 Å². The molecule has 0 aliphatic rings. The van der Waals surface area contributed by atoms with Gasteiger partial charge in [0, 0.05) is 0 Å². The molecule has 0 aromatic heterocycles. The highest BCUT2D eigenvalue weighted by Gasteiger charge is 2.14. The van der Waals surface area contributed by atoms with E-state index in [1.165, 1.54) is 18.4 Å². The minimum Gasteiger partial charge on any atom is -0.459 e. The topological polar surface area (TPSA) is 26.3 Å². The summed E-state index contributed by atoms with van der Waals surface area (Å²) in [6, 6.07) is 7.83. The van der Waals surface area contributed by atoms with Gasteiger partial charge in [0.2, 0.25) is 0 Å². The third kappa shape index (κ3) is 5.77. The van der Waals surface area contributed by atoms with Crippen LogP contribution in [0.4, 0.5) is 0 Å². The molecule has 0 saturated carbocycles. The smallest absolute Gasteiger partial charge is 0.338 e. The molecule has 20 heavy (non-hydrogen) atoms. The van der Waals surface area contributed by atoms with Gasteiger partial charge < -0.3 is 4.74 Å². The van der Waals surface area contributed by atoms with Gasteiger partial charge in [-0.15, -0.1) is 0 Å². The van der Waals surface area contributed by atoms with E-state index in [0.29, 0.717) is 16.9 Å². The van der Waals surface area contributed by atoms with Gasteiger partial charge in [-0.25, -0.2) is 4.79 Å². The quantitative estimate of drug-likeness (QED) is 0.692. The third-order valence-electron chi connectivity index (χ3n) is 3.39. The first-order chi connectivity index (χ1) is 9.19. The monoisotopic (exact) mass is 276 g/mol. The van der Waals surface area contributed by atoms with Crippen LogP contribution >= 0.6 is 0 Å². The fourth-order valence-electron chi connectivity index (χ4n) is 2.05. The first-order valence-corrected chi connectivity index (χ1v) is 7.50. The van der Waals surface area contributed by atoms with Gasteiger partial charge >= 0.3 is 5.97 Å². The van der Waals surface area contributed by atoms with Gasteiger partial charge in [0.15, 0.2) is 0 Å². The van der Waals surface area contributed by atoms with E-state index < -0.39 is 0 Å². The van der Waals surface area contributed by atoms with Gasteiger partial charge in [-0.1, -0.05) is 39.8 Å². The fraction of sp³-hybridized carbons (Fsp3) is 0.611. The molecule has 0 spiro atoms. The van der Waals surface area contributed by atoms with Crippen molar-refractivity contribution in [1.82, 2.24) is 0 Å². The standard InChI is InChI=1S/C18H28O2/c1-13(2)20-17(19)16-9-7-15(8-10-16)14(3)11-12-18(4,5)6/h7-10,13-14H,11-12H2,1-6H3/t14-/m1/s1. The van der Waals surface area contributed by atoms with Crippen LogP contribution in [0.3, 0.4) is 0 Å². The van der Waals surface area contributed by atoms with Crippen molar-refractivity contribution in [3.8, 4) is 0 Å². The molecular formula is C18H28O2. The van der Waals surface area contributed by atoms with Crippen molar-refractivity contribution < 1.29 is 9.53 Å². The minimum atomic E-state index is -0.242. The van der Waals surface area contributed by atoms with Crippen LogP contribution in [0.5, 0.6) is 0 Å². The van der Waals surface area contributed by atoms with Gasteiger partial charge in [0.05, 0.1) is 11.7 Å². The van der Waals surface area contributed by atoms with Crippen molar-refractivity contribution >= 4 is 5.97 Å². The first kappa shape index (κ1) is 16.7. The predicted octanol–water partition coefficient (Wildman–Crippen LogP) is 5.18. The molecule has 1 aromatic rings. The maximum atomic E-state index is 11.8. The summed E-state index contributed by atoms with van der Waals surface area (Å²) in [6.07, 6.45) is 2.29. The first-order valence-electron chi connectivity index (χ1n) is 7.50. The summed E-state index contributed by atoms with van der Waals surface area (Å²) < 4.78 is 5.19. The van der Waals surface area contributed by atoms with E-state index >= 15 is 0 Å². The van der Waals surface area contributed by atoms with E-state index in [-0.39, 0.29) is 12.1 Å². The van der Waals surface area contributed by atoms with Crippen molar-refractivity contribution in [2.75, 3.05) is 0 Å². The van der Waals surface area contributed by atoms with Gasteiger partial charge in [0.25, 0.3) is 0 Å². The molecule has 0 unspecified atom stereocenters. The molecule has 0 saturated heterocycles. The molecule has 0 bridgehead atoms. The second-order valence-corrected chi connectivity index (χ2v) is 7.08. The number of carbonyl (C=O) groups excluding carboxylic acids is 1. The highest BCUT2D eigenvalue weighted by Crippen LogP contribution is 2.28.